The van der Waals surface area contributed by atoms with Crippen LogP contribution >= 0.6 is 0 Å². The maximum absolute atomic E-state index is 12.6. The Morgan fingerprint density at radius 3 is 2.74 bits per heavy atom. The summed E-state index contributed by atoms with van der Waals surface area (Å²) in [6.45, 7) is 1.92. The van der Waals surface area contributed by atoms with E-state index < -0.39 is 0 Å². The Balaban J connectivity index is 1.57. The molecule has 0 unspecified atom stereocenters. The second-order valence-electron chi connectivity index (χ2n) is 6.11. The third kappa shape index (κ3) is 3.48. The molecule has 2 heterocycles. The van der Waals surface area contributed by atoms with Crippen molar-refractivity contribution >= 4 is 22.5 Å². The van der Waals surface area contributed by atoms with Gasteiger partial charge < -0.3 is 10.1 Å². The monoisotopic (exact) mass is 359 g/mol. The number of hydrogen-bond donors (Lipinski definition) is 1. The lowest BCUT2D eigenvalue weighted by atomic mass is 10.1. The van der Waals surface area contributed by atoms with Gasteiger partial charge in [0.05, 0.1) is 11.7 Å². The van der Waals surface area contributed by atoms with Crippen LogP contribution in [0.5, 0.6) is 11.8 Å². The second-order valence-corrected chi connectivity index (χ2v) is 6.11. The minimum absolute atomic E-state index is 0.205. The van der Waals surface area contributed by atoms with Gasteiger partial charge in [-0.15, -0.1) is 0 Å². The second kappa shape index (κ2) is 6.87. The molecule has 0 spiro atoms. The zero-order valence-corrected chi connectivity index (χ0v) is 14.9. The van der Waals surface area contributed by atoms with Crippen LogP contribution in [0.3, 0.4) is 0 Å². The fourth-order valence-electron chi connectivity index (χ4n) is 2.71. The lowest BCUT2D eigenvalue weighted by molar-refractivity contribution is 0.102. The Kier molecular flexibility index (Phi) is 4.25. The SMILES string of the molecule is Cc1ccc(NC(=O)c2ccc3cnn(C)c3c2)cc1Oc1ncccn1. The molecule has 0 saturated heterocycles. The maximum atomic E-state index is 12.6. The molecular formula is C20H17N5O2. The fraction of sp³-hybridized carbons (Fsp3) is 0.100. The van der Waals surface area contributed by atoms with Gasteiger partial charge in [0, 0.05) is 42.1 Å². The molecule has 1 N–H and O–H groups in total. The number of fused-ring (bicyclic) bond motifs is 1. The van der Waals surface area contributed by atoms with Crippen LogP contribution in [-0.4, -0.2) is 25.7 Å². The molecule has 2 aromatic carbocycles. The normalized spacial score (nSPS) is 10.7. The van der Waals surface area contributed by atoms with Gasteiger partial charge in [0.2, 0.25) is 0 Å². The zero-order valence-electron chi connectivity index (χ0n) is 14.9. The molecule has 7 heteroatoms. The number of nitrogens with one attached hydrogen (secondary N) is 1. The Morgan fingerprint density at radius 2 is 1.93 bits per heavy atom. The Hall–Kier alpha value is -3.74. The molecule has 1 amide bonds. The summed E-state index contributed by atoms with van der Waals surface area (Å²) in [6.07, 6.45) is 4.99. The number of rotatable bonds is 4. The van der Waals surface area contributed by atoms with E-state index in [-0.39, 0.29) is 11.9 Å². The van der Waals surface area contributed by atoms with Gasteiger partial charge in [0.1, 0.15) is 5.75 Å². The van der Waals surface area contributed by atoms with Gasteiger partial charge in [-0.3, -0.25) is 9.48 Å². The van der Waals surface area contributed by atoms with Crippen LogP contribution < -0.4 is 10.1 Å². The molecule has 0 bridgehead atoms. The average Bonchev–Trinajstić information content (AvgIpc) is 3.06. The van der Waals surface area contributed by atoms with Crippen molar-refractivity contribution in [2.45, 2.75) is 6.92 Å². The minimum atomic E-state index is -0.205. The van der Waals surface area contributed by atoms with E-state index in [9.17, 15) is 4.79 Å². The lowest BCUT2D eigenvalue weighted by Crippen LogP contribution is -2.12. The summed E-state index contributed by atoms with van der Waals surface area (Å²) < 4.78 is 7.45. The smallest absolute Gasteiger partial charge is 0.321 e. The van der Waals surface area contributed by atoms with Crippen molar-refractivity contribution in [2.24, 2.45) is 7.05 Å². The number of amides is 1. The van der Waals surface area contributed by atoms with Gasteiger partial charge in [-0.25, -0.2) is 9.97 Å². The summed E-state index contributed by atoms with van der Waals surface area (Å²) in [5.74, 6) is 0.380. The third-order valence-electron chi connectivity index (χ3n) is 4.20. The van der Waals surface area contributed by atoms with Crippen molar-refractivity contribution < 1.29 is 9.53 Å². The quantitative estimate of drug-likeness (QED) is 0.600. The number of anilines is 1. The highest BCUT2D eigenvalue weighted by Crippen LogP contribution is 2.26. The molecule has 0 atom stereocenters. The molecule has 0 fully saturated rings. The average molecular weight is 359 g/mol. The first-order valence-electron chi connectivity index (χ1n) is 8.39. The topological polar surface area (TPSA) is 81.9 Å². The molecule has 4 aromatic rings. The molecule has 134 valence electrons. The van der Waals surface area contributed by atoms with Crippen LogP contribution in [0, 0.1) is 6.92 Å². The molecule has 0 aliphatic rings. The summed E-state index contributed by atoms with van der Waals surface area (Å²) in [6, 6.07) is 12.9. The van der Waals surface area contributed by atoms with Gasteiger partial charge in [-0.05, 0) is 36.8 Å². The summed E-state index contributed by atoms with van der Waals surface area (Å²) in [7, 11) is 1.85. The van der Waals surface area contributed by atoms with Crippen molar-refractivity contribution in [1.29, 1.82) is 0 Å². The molecule has 2 aromatic heterocycles. The van der Waals surface area contributed by atoms with E-state index in [2.05, 4.69) is 20.4 Å². The highest BCUT2D eigenvalue weighted by Gasteiger charge is 2.11. The van der Waals surface area contributed by atoms with E-state index in [0.29, 0.717) is 17.0 Å². The van der Waals surface area contributed by atoms with Crippen LogP contribution in [0.25, 0.3) is 10.9 Å². The Bertz CT molecular complexity index is 1120. The molecule has 0 saturated carbocycles. The Morgan fingerprint density at radius 1 is 1.11 bits per heavy atom. The predicted octanol–water partition coefficient (Wildman–Crippen LogP) is 3.72. The predicted molar refractivity (Wildman–Crippen MR) is 102 cm³/mol. The largest absolute Gasteiger partial charge is 0.424 e. The molecule has 7 nitrogen and oxygen atoms in total. The molecule has 27 heavy (non-hydrogen) atoms. The number of carbonyl (C=O) groups excluding carboxylic acids is 1. The van der Waals surface area contributed by atoms with Crippen molar-refractivity contribution in [2.75, 3.05) is 5.32 Å². The number of carbonyl (C=O) groups is 1. The molecule has 4 rings (SSSR count). The van der Waals surface area contributed by atoms with Crippen LogP contribution in [0.2, 0.25) is 0 Å². The van der Waals surface area contributed by atoms with Gasteiger partial charge in [-0.2, -0.15) is 5.10 Å². The zero-order chi connectivity index (χ0) is 18.8. The van der Waals surface area contributed by atoms with E-state index in [1.165, 1.54) is 0 Å². The van der Waals surface area contributed by atoms with E-state index in [4.69, 9.17) is 4.74 Å². The summed E-state index contributed by atoms with van der Waals surface area (Å²) >= 11 is 0. The number of ether oxygens (including phenoxy) is 1. The molecule has 0 aliphatic carbocycles. The van der Waals surface area contributed by atoms with Crippen molar-refractivity contribution in [1.82, 2.24) is 19.7 Å². The van der Waals surface area contributed by atoms with Crippen molar-refractivity contribution in [3.05, 3.63) is 72.2 Å². The first-order chi connectivity index (χ1) is 13.1. The highest BCUT2D eigenvalue weighted by atomic mass is 16.5. The van der Waals surface area contributed by atoms with E-state index in [1.54, 1.807) is 41.5 Å². The molecular weight excluding hydrogens is 342 g/mol. The Labute approximate surface area is 155 Å². The van der Waals surface area contributed by atoms with E-state index >= 15 is 0 Å². The number of nitrogens with zero attached hydrogens (tertiary/aromatic N) is 4. The highest BCUT2D eigenvalue weighted by molar-refractivity contribution is 6.06. The summed E-state index contributed by atoms with van der Waals surface area (Å²) in [5.41, 5.74) is 3.00. The molecule has 0 radical (unpaired) electrons. The fourth-order valence-corrected chi connectivity index (χ4v) is 2.71. The van der Waals surface area contributed by atoms with Crippen LogP contribution in [0.1, 0.15) is 15.9 Å². The standard InChI is InChI=1S/C20H17N5O2/c1-13-4-7-16(11-18(13)27-20-21-8-3-9-22-20)24-19(26)14-5-6-15-12-23-25(2)17(15)10-14/h3-12H,1-2H3,(H,24,26). The summed E-state index contributed by atoms with van der Waals surface area (Å²) in [5, 5.41) is 8.09. The number of hydrogen-bond acceptors (Lipinski definition) is 5. The summed E-state index contributed by atoms with van der Waals surface area (Å²) in [4.78, 5) is 20.8. The van der Waals surface area contributed by atoms with Crippen LogP contribution in [0.15, 0.2) is 61.1 Å². The van der Waals surface area contributed by atoms with Crippen LogP contribution in [-0.2, 0) is 7.05 Å². The van der Waals surface area contributed by atoms with Crippen molar-refractivity contribution in [3.8, 4) is 11.8 Å². The minimum Gasteiger partial charge on any atom is -0.424 e. The van der Waals surface area contributed by atoms with E-state index in [0.717, 1.165) is 16.5 Å². The van der Waals surface area contributed by atoms with E-state index in [1.807, 2.05) is 38.2 Å². The van der Waals surface area contributed by atoms with Crippen LogP contribution in [0.4, 0.5) is 5.69 Å². The maximum Gasteiger partial charge on any atom is 0.321 e. The number of aryl methyl sites for hydroxylation is 2. The first-order valence-corrected chi connectivity index (χ1v) is 8.39. The molecule has 0 aliphatic heterocycles. The van der Waals surface area contributed by atoms with Gasteiger partial charge in [0.25, 0.3) is 5.91 Å². The number of aromatic nitrogens is 4. The van der Waals surface area contributed by atoms with Crippen molar-refractivity contribution in [3.63, 3.8) is 0 Å². The number of benzene rings is 2. The van der Waals surface area contributed by atoms with Gasteiger partial charge in [0.15, 0.2) is 0 Å². The lowest BCUT2D eigenvalue weighted by Gasteiger charge is -2.10. The third-order valence-corrected chi connectivity index (χ3v) is 4.20. The first kappa shape index (κ1) is 16.7. The van der Waals surface area contributed by atoms with Gasteiger partial charge >= 0.3 is 6.01 Å². The van der Waals surface area contributed by atoms with Gasteiger partial charge in [-0.1, -0.05) is 12.1 Å².